The Labute approximate surface area is 101 Å². The van der Waals surface area contributed by atoms with Crippen LogP contribution in [0.5, 0.6) is 0 Å². The van der Waals surface area contributed by atoms with Gasteiger partial charge in [0, 0.05) is 10.8 Å². The smallest absolute Gasteiger partial charge is 0.0709 e. The highest BCUT2D eigenvalue weighted by atomic mass is 14.7. The van der Waals surface area contributed by atoms with Crippen molar-refractivity contribution in [2.24, 2.45) is 0 Å². The molecule has 0 aliphatic carbocycles. The lowest BCUT2D eigenvalue weighted by Crippen LogP contribution is -1.88. The molecule has 0 N–H and O–H groups in total. The van der Waals surface area contributed by atoms with Gasteiger partial charge in [0.05, 0.1) is 11.0 Å². The standard InChI is InChI=1S/C16H15N/c1-11(2)12-7-8-16-14(9-12)10-13-5-3-4-6-15(13)17-16/h3-11H,1-2H3. The summed E-state index contributed by atoms with van der Waals surface area (Å²) in [5.74, 6) is 0.561. The highest BCUT2D eigenvalue weighted by Gasteiger charge is 2.03. The van der Waals surface area contributed by atoms with Crippen molar-refractivity contribution in [2.75, 3.05) is 0 Å². The van der Waals surface area contributed by atoms with E-state index >= 15 is 0 Å². The fourth-order valence-corrected chi connectivity index (χ4v) is 2.16. The Kier molecular flexibility index (Phi) is 2.32. The van der Waals surface area contributed by atoms with Crippen LogP contribution in [0, 0.1) is 0 Å². The summed E-state index contributed by atoms with van der Waals surface area (Å²) in [5.41, 5.74) is 3.51. The van der Waals surface area contributed by atoms with Gasteiger partial charge < -0.3 is 0 Å². The number of aromatic nitrogens is 1. The predicted octanol–water partition coefficient (Wildman–Crippen LogP) is 4.51. The third kappa shape index (κ3) is 1.78. The topological polar surface area (TPSA) is 12.9 Å². The highest BCUT2D eigenvalue weighted by Crippen LogP contribution is 2.23. The van der Waals surface area contributed by atoms with Gasteiger partial charge in [0.1, 0.15) is 0 Å². The average Bonchev–Trinajstić information content (AvgIpc) is 2.35. The van der Waals surface area contributed by atoms with E-state index in [1.165, 1.54) is 16.3 Å². The molecule has 0 atom stereocenters. The van der Waals surface area contributed by atoms with Crippen LogP contribution in [-0.2, 0) is 0 Å². The second-order valence-corrected chi connectivity index (χ2v) is 4.79. The normalized spacial score (nSPS) is 11.5. The van der Waals surface area contributed by atoms with E-state index in [9.17, 15) is 0 Å². The molecule has 0 aliphatic rings. The third-order valence-electron chi connectivity index (χ3n) is 3.21. The molecule has 3 rings (SSSR count). The maximum Gasteiger partial charge on any atom is 0.0709 e. The van der Waals surface area contributed by atoms with Crippen molar-refractivity contribution < 1.29 is 0 Å². The number of hydrogen-bond donors (Lipinski definition) is 0. The molecule has 0 saturated heterocycles. The first kappa shape index (κ1) is 10.3. The molecule has 0 amide bonds. The first-order valence-electron chi connectivity index (χ1n) is 6.03. The zero-order valence-corrected chi connectivity index (χ0v) is 10.1. The van der Waals surface area contributed by atoms with Crippen molar-refractivity contribution in [3.8, 4) is 0 Å². The molecule has 0 bridgehead atoms. The molecule has 1 heteroatoms. The summed E-state index contributed by atoms with van der Waals surface area (Å²) in [6.07, 6.45) is 0. The van der Waals surface area contributed by atoms with E-state index in [1.54, 1.807) is 0 Å². The van der Waals surface area contributed by atoms with Crippen LogP contribution in [0.3, 0.4) is 0 Å². The molecule has 0 spiro atoms. The maximum absolute atomic E-state index is 4.68. The minimum absolute atomic E-state index is 0.561. The summed E-state index contributed by atoms with van der Waals surface area (Å²) in [6.45, 7) is 4.44. The van der Waals surface area contributed by atoms with Crippen LogP contribution in [0.4, 0.5) is 0 Å². The van der Waals surface area contributed by atoms with Crippen LogP contribution in [-0.4, -0.2) is 4.98 Å². The van der Waals surface area contributed by atoms with Gasteiger partial charge in [-0.15, -0.1) is 0 Å². The second kappa shape index (κ2) is 3.85. The number of rotatable bonds is 1. The molecule has 84 valence electrons. The molecular weight excluding hydrogens is 206 g/mol. The third-order valence-corrected chi connectivity index (χ3v) is 3.21. The monoisotopic (exact) mass is 221 g/mol. The van der Waals surface area contributed by atoms with Crippen LogP contribution in [0.2, 0.25) is 0 Å². The van der Waals surface area contributed by atoms with Crippen LogP contribution in [0.1, 0.15) is 25.3 Å². The van der Waals surface area contributed by atoms with Gasteiger partial charge in [0.15, 0.2) is 0 Å². The van der Waals surface area contributed by atoms with Crippen molar-refractivity contribution in [3.63, 3.8) is 0 Å². The number of fused-ring (bicyclic) bond motifs is 2. The maximum atomic E-state index is 4.68. The Morgan fingerprint density at radius 1 is 0.824 bits per heavy atom. The highest BCUT2D eigenvalue weighted by molar-refractivity contribution is 5.92. The minimum atomic E-state index is 0.561. The van der Waals surface area contributed by atoms with Gasteiger partial charge >= 0.3 is 0 Å². The van der Waals surface area contributed by atoms with Gasteiger partial charge in [0.2, 0.25) is 0 Å². The number of nitrogens with zero attached hydrogens (tertiary/aromatic N) is 1. The fourth-order valence-electron chi connectivity index (χ4n) is 2.16. The van der Waals surface area contributed by atoms with Crippen molar-refractivity contribution >= 4 is 21.8 Å². The quantitative estimate of drug-likeness (QED) is 0.551. The molecule has 3 aromatic rings. The van der Waals surface area contributed by atoms with Crippen molar-refractivity contribution in [3.05, 3.63) is 54.1 Å². The zero-order chi connectivity index (χ0) is 11.8. The van der Waals surface area contributed by atoms with E-state index in [2.05, 4.69) is 61.3 Å². The van der Waals surface area contributed by atoms with E-state index in [4.69, 9.17) is 0 Å². The molecule has 0 aliphatic heterocycles. The molecule has 1 heterocycles. The first-order valence-corrected chi connectivity index (χ1v) is 6.03. The van der Waals surface area contributed by atoms with E-state index in [-0.39, 0.29) is 0 Å². The summed E-state index contributed by atoms with van der Waals surface area (Å²) in [5, 5.41) is 2.44. The summed E-state index contributed by atoms with van der Waals surface area (Å²) in [6, 6.07) is 17.0. The van der Waals surface area contributed by atoms with Gasteiger partial charge in [-0.1, -0.05) is 38.1 Å². The molecule has 0 radical (unpaired) electrons. The SMILES string of the molecule is CC(C)c1ccc2nc3ccccc3cc2c1. The molecular formula is C16H15N. The van der Waals surface area contributed by atoms with Gasteiger partial charge in [-0.25, -0.2) is 4.98 Å². The Bertz CT molecular complexity index is 683. The second-order valence-electron chi connectivity index (χ2n) is 4.79. The molecule has 0 fully saturated rings. The van der Waals surface area contributed by atoms with E-state index in [1.807, 2.05) is 6.07 Å². The molecule has 0 unspecified atom stereocenters. The molecule has 2 aromatic carbocycles. The summed E-state index contributed by atoms with van der Waals surface area (Å²) < 4.78 is 0. The van der Waals surface area contributed by atoms with Gasteiger partial charge in [-0.2, -0.15) is 0 Å². The van der Waals surface area contributed by atoms with Crippen LogP contribution in [0.25, 0.3) is 21.8 Å². The minimum Gasteiger partial charge on any atom is -0.248 e. The Morgan fingerprint density at radius 3 is 2.41 bits per heavy atom. The molecule has 17 heavy (non-hydrogen) atoms. The van der Waals surface area contributed by atoms with Crippen LogP contribution < -0.4 is 0 Å². The molecule has 0 saturated carbocycles. The molecule has 1 nitrogen and oxygen atoms in total. The fraction of sp³-hybridized carbons (Fsp3) is 0.188. The Morgan fingerprint density at radius 2 is 1.59 bits per heavy atom. The van der Waals surface area contributed by atoms with Crippen molar-refractivity contribution in [1.29, 1.82) is 0 Å². The van der Waals surface area contributed by atoms with Gasteiger partial charge in [-0.3, -0.25) is 0 Å². The largest absolute Gasteiger partial charge is 0.248 e. The zero-order valence-electron chi connectivity index (χ0n) is 10.1. The predicted molar refractivity (Wildman–Crippen MR) is 73.3 cm³/mol. The van der Waals surface area contributed by atoms with Gasteiger partial charge in [0.25, 0.3) is 0 Å². The van der Waals surface area contributed by atoms with Crippen LogP contribution in [0.15, 0.2) is 48.5 Å². The van der Waals surface area contributed by atoms with E-state index in [0.717, 1.165) is 11.0 Å². The number of para-hydroxylation sites is 1. The summed E-state index contributed by atoms with van der Waals surface area (Å²) in [4.78, 5) is 4.68. The van der Waals surface area contributed by atoms with Gasteiger partial charge in [-0.05, 0) is 35.7 Å². The number of benzene rings is 2. The molecule has 1 aromatic heterocycles. The first-order chi connectivity index (χ1) is 8.24. The van der Waals surface area contributed by atoms with Crippen molar-refractivity contribution in [1.82, 2.24) is 4.98 Å². The lowest BCUT2D eigenvalue weighted by atomic mass is 10.0. The lowest BCUT2D eigenvalue weighted by molar-refractivity contribution is 0.868. The number of hydrogen-bond acceptors (Lipinski definition) is 1. The number of pyridine rings is 1. The van der Waals surface area contributed by atoms with E-state index in [0.29, 0.717) is 5.92 Å². The Hall–Kier alpha value is -1.89. The van der Waals surface area contributed by atoms with E-state index < -0.39 is 0 Å². The average molecular weight is 221 g/mol. The summed E-state index contributed by atoms with van der Waals surface area (Å²) >= 11 is 0. The van der Waals surface area contributed by atoms with Crippen LogP contribution >= 0.6 is 0 Å². The Balaban J connectivity index is 2.32. The summed E-state index contributed by atoms with van der Waals surface area (Å²) in [7, 11) is 0. The van der Waals surface area contributed by atoms with Crippen molar-refractivity contribution in [2.45, 2.75) is 19.8 Å². The lowest BCUT2D eigenvalue weighted by Gasteiger charge is -2.07.